The average molecular weight is 444 g/mol. The van der Waals surface area contributed by atoms with Gasteiger partial charge in [-0.2, -0.15) is 0 Å². The van der Waals surface area contributed by atoms with Gasteiger partial charge in [-0.05, 0) is 31.2 Å². The molecule has 2 aliphatic heterocycles. The van der Waals surface area contributed by atoms with Crippen molar-refractivity contribution in [3.63, 3.8) is 0 Å². The molecule has 0 bridgehead atoms. The van der Waals surface area contributed by atoms with Crippen LogP contribution >= 0.6 is 0 Å². The number of carbonyl (C=O) groups is 2. The van der Waals surface area contributed by atoms with E-state index in [9.17, 15) is 9.59 Å². The van der Waals surface area contributed by atoms with Gasteiger partial charge in [0, 0.05) is 32.7 Å². The van der Waals surface area contributed by atoms with Gasteiger partial charge in [-0.15, -0.1) is 0 Å². The van der Waals surface area contributed by atoms with Gasteiger partial charge in [0.1, 0.15) is 5.70 Å². The summed E-state index contributed by atoms with van der Waals surface area (Å²) >= 11 is 0. The van der Waals surface area contributed by atoms with E-state index in [0.717, 1.165) is 45.4 Å². The normalized spacial score (nSPS) is 17.5. The summed E-state index contributed by atoms with van der Waals surface area (Å²) in [6.07, 6.45) is 6.67. The van der Waals surface area contributed by atoms with Crippen LogP contribution < -0.4 is 9.47 Å². The first-order valence-electron chi connectivity index (χ1n) is 11.8. The van der Waals surface area contributed by atoms with Gasteiger partial charge < -0.3 is 19.3 Å². The van der Waals surface area contributed by atoms with E-state index in [1.165, 1.54) is 24.2 Å². The minimum atomic E-state index is -0.204. The highest BCUT2D eigenvalue weighted by molar-refractivity contribution is 6.35. The van der Waals surface area contributed by atoms with Crippen molar-refractivity contribution in [3.05, 3.63) is 29.5 Å². The quantitative estimate of drug-likeness (QED) is 0.386. The van der Waals surface area contributed by atoms with Gasteiger partial charge in [0.15, 0.2) is 11.5 Å². The van der Waals surface area contributed by atoms with Crippen molar-refractivity contribution in [2.24, 2.45) is 0 Å². The number of ether oxygens (including phenoxy) is 2. The van der Waals surface area contributed by atoms with E-state index in [1.54, 1.807) is 26.4 Å². The Morgan fingerprint density at radius 1 is 0.844 bits per heavy atom. The first kappa shape index (κ1) is 24.1. The summed E-state index contributed by atoms with van der Waals surface area (Å²) in [7, 11) is 5.23. The van der Waals surface area contributed by atoms with E-state index in [1.807, 2.05) is 6.07 Å². The molecule has 0 aromatic heterocycles. The summed E-state index contributed by atoms with van der Waals surface area (Å²) in [6.45, 7) is 5.85. The monoisotopic (exact) mass is 443 g/mol. The number of benzene rings is 1. The summed E-state index contributed by atoms with van der Waals surface area (Å²) in [4.78, 5) is 32.7. The molecular weight excluding hydrogens is 406 g/mol. The largest absolute Gasteiger partial charge is 0.493 e. The van der Waals surface area contributed by atoms with Crippen LogP contribution in [0.2, 0.25) is 0 Å². The molecule has 0 N–H and O–H groups in total. The van der Waals surface area contributed by atoms with Gasteiger partial charge in [-0.25, -0.2) is 0 Å². The van der Waals surface area contributed by atoms with E-state index in [0.29, 0.717) is 34.9 Å². The van der Waals surface area contributed by atoms with Crippen LogP contribution in [0, 0.1) is 0 Å². The Morgan fingerprint density at radius 2 is 1.50 bits per heavy atom. The highest BCUT2D eigenvalue weighted by Crippen LogP contribution is 2.36. The number of hydrogen-bond acceptors (Lipinski definition) is 6. The molecule has 0 atom stereocenters. The topological polar surface area (TPSA) is 62.3 Å². The molecule has 176 valence electrons. The second kappa shape index (κ2) is 11.4. The fraction of sp³-hybridized carbons (Fsp3) is 0.600. The third-order valence-corrected chi connectivity index (χ3v) is 6.37. The van der Waals surface area contributed by atoms with Crippen LogP contribution in [-0.2, 0) is 9.59 Å². The zero-order valence-corrected chi connectivity index (χ0v) is 20.0. The van der Waals surface area contributed by atoms with Crippen LogP contribution in [0.5, 0.6) is 11.5 Å². The molecule has 0 unspecified atom stereocenters. The molecule has 0 aliphatic carbocycles. The van der Waals surface area contributed by atoms with Crippen LogP contribution in [0.4, 0.5) is 0 Å². The molecule has 1 saturated heterocycles. The molecule has 0 spiro atoms. The van der Waals surface area contributed by atoms with E-state index in [4.69, 9.17) is 9.47 Å². The predicted molar refractivity (Wildman–Crippen MR) is 126 cm³/mol. The number of nitrogens with zero attached hydrogens (tertiary/aromatic N) is 3. The van der Waals surface area contributed by atoms with Gasteiger partial charge in [-0.3, -0.25) is 14.5 Å². The smallest absolute Gasteiger partial charge is 0.277 e. The van der Waals surface area contributed by atoms with E-state index in [-0.39, 0.29) is 11.8 Å². The molecule has 7 heteroatoms. The molecule has 0 saturated carbocycles. The van der Waals surface area contributed by atoms with Crippen molar-refractivity contribution in [2.45, 2.75) is 45.4 Å². The number of imide groups is 1. The summed E-state index contributed by atoms with van der Waals surface area (Å²) in [5.41, 5.74) is 1.70. The van der Waals surface area contributed by atoms with Crippen molar-refractivity contribution in [2.75, 3.05) is 54.0 Å². The first-order chi connectivity index (χ1) is 15.5. The van der Waals surface area contributed by atoms with Crippen LogP contribution in [-0.4, -0.2) is 80.5 Å². The van der Waals surface area contributed by atoms with Crippen molar-refractivity contribution in [1.82, 2.24) is 14.7 Å². The summed E-state index contributed by atoms with van der Waals surface area (Å²) in [5.74, 6) is 0.770. The number of methoxy groups -OCH3 is 2. The predicted octanol–water partition coefficient (Wildman–Crippen LogP) is 3.39. The number of piperazine rings is 1. The lowest BCUT2D eigenvalue weighted by Crippen LogP contribution is -2.46. The van der Waals surface area contributed by atoms with Crippen LogP contribution in [0.25, 0.3) is 5.57 Å². The molecular formula is C25H37N3O4. The summed E-state index contributed by atoms with van der Waals surface area (Å²) in [6, 6.07) is 5.42. The molecule has 3 rings (SSSR count). The van der Waals surface area contributed by atoms with E-state index in [2.05, 4.69) is 23.8 Å². The van der Waals surface area contributed by atoms with Crippen LogP contribution in [0.1, 0.15) is 51.0 Å². The number of unbranched alkanes of at least 4 members (excludes halogenated alkanes) is 5. The zero-order valence-electron chi connectivity index (χ0n) is 20.0. The lowest BCUT2D eigenvalue weighted by molar-refractivity contribution is -0.137. The molecule has 1 aromatic carbocycles. The van der Waals surface area contributed by atoms with Gasteiger partial charge >= 0.3 is 0 Å². The third kappa shape index (κ3) is 5.26. The van der Waals surface area contributed by atoms with Gasteiger partial charge in [0.2, 0.25) is 0 Å². The van der Waals surface area contributed by atoms with Crippen molar-refractivity contribution >= 4 is 17.4 Å². The summed E-state index contributed by atoms with van der Waals surface area (Å²) in [5, 5.41) is 0. The molecule has 7 nitrogen and oxygen atoms in total. The zero-order chi connectivity index (χ0) is 23.1. The average Bonchev–Trinajstić information content (AvgIpc) is 3.06. The number of amides is 2. The van der Waals surface area contributed by atoms with E-state index < -0.39 is 0 Å². The Balaban J connectivity index is 1.86. The molecule has 1 fully saturated rings. The lowest BCUT2D eigenvalue weighted by Gasteiger charge is -2.34. The van der Waals surface area contributed by atoms with Crippen molar-refractivity contribution in [3.8, 4) is 11.5 Å². The Bertz CT molecular complexity index is 844. The van der Waals surface area contributed by atoms with E-state index >= 15 is 0 Å². The number of rotatable bonds is 11. The molecule has 2 aliphatic rings. The Hall–Kier alpha value is -2.54. The van der Waals surface area contributed by atoms with Crippen LogP contribution in [0.15, 0.2) is 23.9 Å². The fourth-order valence-corrected chi connectivity index (χ4v) is 4.39. The standard InChI is InChI=1S/C25H37N3O4/c1-5-6-7-8-9-10-13-28-24(29)22(19-11-12-20(31-3)21(18-19)32-4)23(25(28)30)27-16-14-26(2)15-17-27/h11-12,18H,5-10,13-17H2,1-4H3. The molecule has 2 amide bonds. The lowest BCUT2D eigenvalue weighted by atomic mass is 10.0. The Labute approximate surface area is 191 Å². The van der Waals surface area contributed by atoms with Gasteiger partial charge in [-0.1, -0.05) is 45.1 Å². The molecule has 1 aromatic rings. The maximum absolute atomic E-state index is 13.5. The number of likely N-dealkylation sites (N-methyl/N-ethyl adjacent to an activating group) is 1. The minimum Gasteiger partial charge on any atom is -0.493 e. The highest BCUT2D eigenvalue weighted by atomic mass is 16.5. The highest BCUT2D eigenvalue weighted by Gasteiger charge is 2.41. The molecule has 0 radical (unpaired) electrons. The second-order valence-corrected chi connectivity index (χ2v) is 8.61. The Kier molecular flexibility index (Phi) is 8.56. The maximum atomic E-state index is 13.5. The number of carbonyl (C=O) groups excluding carboxylic acids is 2. The molecule has 2 heterocycles. The summed E-state index contributed by atoms with van der Waals surface area (Å²) < 4.78 is 10.8. The maximum Gasteiger partial charge on any atom is 0.277 e. The third-order valence-electron chi connectivity index (χ3n) is 6.37. The fourth-order valence-electron chi connectivity index (χ4n) is 4.39. The van der Waals surface area contributed by atoms with Crippen LogP contribution in [0.3, 0.4) is 0 Å². The first-order valence-corrected chi connectivity index (χ1v) is 11.8. The minimum absolute atomic E-state index is 0.169. The van der Waals surface area contributed by atoms with Crippen molar-refractivity contribution < 1.29 is 19.1 Å². The van der Waals surface area contributed by atoms with Gasteiger partial charge in [0.25, 0.3) is 11.8 Å². The molecule has 32 heavy (non-hydrogen) atoms. The Morgan fingerprint density at radius 3 is 2.16 bits per heavy atom. The SMILES string of the molecule is CCCCCCCCN1C(=O)C(c2ccc(OC)c(OC)c2)=C(N2CCN(C)CC2)C1=O. The van der Waals surface area contributed by atoms with Gasteiger partial charge in [0.05, 0.1) is 19.8 Å². The number of hydrogen-bond donors (Lipinski definition) is 0. The second-order valence-electron chi connectivity index (χ2n) is 8.61. The van der Waals surface area contributed by atoms with Crippen molar-refractivity contribution in [1.29, 1.82) is 0 Å².